The summed E-state index contributed by atoms with van der Waals surface area (Å²) in [4.78, 5) is 0. The van der Waals surface area contributed by atoms with Crippen LogP contribution in [0.2, 0.25) is 0 Å². The molecule has 4 heteroatoms. The smallest absolute Gasteiger partial charge is 0.157 e. The Balaban J connectivity index is 2.15. The molecule has 0 amide bonds. The second-order valence-electron chi connectivity index (χ2n) is 1.78. The van der Waals surface area contributed by atoms with Crippen molar-refractivity contribution in [2.45, 2.75) is 0 Å². The van der Waals surface area contributed by atoms with Gasteiger partial charge in [0.15, 0.2) is 5.75 Å². The van der Waals surface area contributed by atoms with Crippen molar-refractivity contribution < 1.29 is 9.47 Å². The molecule has 1 aromatic heterocycles. The number of aromatic nitrogens is 2. The van der Waals surface area contributed by atoms with Crippen LogP contribution in [0, 0.1) is 0 Å². The van der Waals surface area contributed by atoms with Gasteiger partial charge in [-0.15, -0.1) is 0 Å². The normalized spacial score (nSPS) is 9.70. The summed E-state index contributed by atoms with van der Waals surface area (Å²) in [5.41, 5.74) is 0. The number of aromatic amines is 1. The Morgan fingerprint density at radius 2 is 2.50 bits per heavy atom. The highest BCUT2D eigenvalue weighted by atomic mass is 16.5. The fourth-order valence-electron chi connectivity index (χ4n) is 0.561. The topological polar surface area (TPSA) is 47.1 Å². The summed E-state index contributed by atoms with van der Waals surface area (Å²) in [5, 5.41) is 6.35. The van der Waals surface area contributed by atoms with Gasteiger partial charge in [0.2, 0.25) is 0 Å². The molecule has 10 heavy (non-hydrogen) atoms. The molecule has 0 bridgehead atoms. The maximum atomic E-state index is 5.17. The second-order valence-corrected chi connectivity index (χ2v) is 1.78. The van der Waals surface area contributed by atoms with Gasteiger partial charge in [0.1, 0.15) is 6.61 Å². The van der Waals surface area contributed by atoms with Crippen LogP contribution in [-0.4, -0.2) is 30.5 Å². The number of nitrogens with one attached hydrogen (secondary N) is 1. The lowest BCUT2D eigenvalue weighted by molar-refractivity contribution is 0.146. The van der Waals surface area contributed by atoms with E-state index < -0.39 is 0 Å². The Morgan fingerprint density at radius 3 is 3.10 bits per heavy atom. The van der Waals surface area contributed by atoms with Gasteiger partial charge in [0, 0.05) is 7.11 Å². The van der Waals surface area contributed by atoms with E-state index in [1.807, 2.05) is 0 Å². The summed E-state index contributed by atoms with van der Waals surface area (Å²) in [6.45, 7) is 1.17. The molecule has 0 aromatic carbocycles. The molecule has 0 saturated carbocycles. The van der Waals surface area contributed by atoms with Gasteiger partial charge in [-0.25, -0.2) is 0 Å². The third-order valence-electron chi connectivity index (χ3n) is 1.03. The van der Waals surface area contributed by atoms with Crippen molar-refractivity contribution in [2.24, 2.45) is 0 Å². The summed E-state index contributed by atoms with van der Waals surface area (Å²) >= 11 is 0. The first kappa shape index (κ1) is 7.08. The van der Waals surface area contributed by atoms with Gasteiger partial charge in [-0.05, 0) is 0 Å². The summed E-state index contributed by atoms with van der Waals surface area (Å²) in [5.74, 6) is 0.747. The molecule has 4 nitrogen and oxygen atoms in total. The maximum Gasteiger partial charge on any atom is 0.157 e. The van der Waals surface area contributed by atoms with E-state index in [1.165, 1.54) is 0 Å². The third kappa shape index (κ3) is 2.06. The minimum Gasteiger partial charge on any atom is -0.488 e. The van der Waals surface area contributed by atoms with Gasteiger partial charge in [0.05, 0.1) is 19.0 Å². The molecule has 0 fully saturated rings. The molecule has 0 radical (unpaired) electrons. The molecule has 1 rings (SSSR count). The number of rotatable bonds is 4. The predicted octanol–water partition coefficient (Wildman–Crippen LogP) is 0.435. The van der Waals surface area contributed by atoms with Gasteiger partial charge in [0.25, 0.3) is 0 Å². The molecule has 0 aliphatic carbocycles. The van der Waals surface area contributed by atoms with E-state index in [-0.39, 0.29) is 0 Å². The molecular weight excluding hydrogens is 132 g/mol. The number of hydrogen-bond donors (Lipinski definition) is 1. The van der Waals surface area contributed by atoms with Crippen LogP contribution in [-0.2, 0) is 4.74 Å². The Kier molecular flexibility index (Phi) is 2.76. The van der Waals surface area contributed by atoms with E-state index in [9.17, 15) is 0 Å². The van der Waals surface area contributed by atoms with E-state index in [0.717, 1.165) is 5.75 Å². The molecule has 0 atom stereocenters. The highest BCUT2D eigenvalue weighted by Gasteiger charge is 1.91. The Morgan fingerprint density at radius 1 is 1.60 bits per heavy atom. The fourth-order valence-corrected chi connectivity index (χ4v) is 0.561. The zero-order chi connectivity index (χ0) is 7.23. The molecule has 0 unspecified atom stereocenters. The van der Waals surface area contributed by atoms with E-state index in [2.05, 4.69) is 10.2 Å². The zero-order valence-electron chi connectivity index (χ0n) is 5.83. The van der Waals surface area contributed by atoms with Gasteiger partial charge in [-0.1, -0.05) is 0 Å². The van der Waals surface area contributed by atoms with Crippen LogP contribution in [0.4, 0.5) is 0 Å². The van der Waals surface area contributed by atoms with Crippen molar-refractivity contribution >= 4 is 0 Å². The largest absolute Gasteiger partial charge is 0.488 e. The zero-order valence-corrected chi connectivity index (χ0v) is 5.83. The van der Waals surface area contributed by atoms with E-state index in [0.29, 0.717) is 13.2 Å². The van der Waals surface area contributed by atoms with Crippen molar-refractivity contribution in [2.75, 3.05) is 20.3 Å². The summed E-state index contributed by atoms with van der Waals surface area (Å²) in [7, 11) is 1.64. The van der Waals surface area contributed by atoms with E-state index in [4.69, 9.17) is 9.47 Å². The van der Waals surface area contributed by atoms with Crippen molar-refractivity contribution in [1.29, 1.82) is 0 Å². The summed E-state index contributed by atoms with van der Waals surface area (Å²) < 4.78 is 9.95. The molecular formula is C6H10N2O2. The molecule has 0 aliphatic rings. The van der Waals surface area contributed by atoms with E-state index in [1.54, 1.807) is 19.5 Å². The molecule has 1 heterocycles. The highest BCUT2D eigenvalue weighted by molar-refractivity contribution is 5.09. The lowest BCUT2D eigenvalue weighted by Gasteiger charge is -1.99. The number of methoxy groups -OCH3 is 1. The Labute approximate surface area is 59.2 Å². The summed E-state index contributed by atoms with van der Waals surface area (Å²) in [6, 6.07) is 0. The molecule has 1 N–H and O–H groups in total. The van der Waals surface area contributed by atoms with Crippen molar-refractivity contribution in [1.82, 2.24) is 10.2 Å². The number of H-pyrrole nitrogens is 1. The number of ether oxygens (including phenoxy) is 2. The van der Waals surface area contributed by atoms with Crippen molar-refractivity contribution in [3.63, 3.8) is 0 Å². The lowest BCUT2D eigenvalue weighted by atomic mass is 10.6. The minimum absolute atomic E-state index is 0.566. The second kappa shape index (κ2) is 3.90. The first-order valence-corrected chi connectivity index (χ1v) is 3.04. The first-order chi connectivity index (χ1) is 4.93. The van der Waals surface area contributed by atoms with Gasteiger partial charge in [-0.3, -0.25) is 5.10 Å². The van der Waals surface area contributed by atoms with Crippen molar-refractivity contribution in [3.8, 4) is 5.75 Å². The molecule has 0 saturated heterocycles. The monoisotopic (exact) mass is 142 g/mol. The van der Waals surface area contributed by atoms with Crippen LogP contribution in [0.25, 0.3) is 0 Å². The first-order valence-electron chi connectivity index (χ1n) is 3.04. The minimum atomic E-state index is 0.566. The lowest BCUT2D eigenvalue weighted by Crippen LogP contribution is -2.03. The summed E-state index contributed by atoms with van der Waals surface area (Å²) in [6.07, 6.45) is 3.31. The van der Waals surface area contributed by atoms with E-state index >= 15 is 0 Å². The molecule has 0 aliphatic heterocycles. The molecule has 0 spiro atoms. The molecule has 56 valence electrons. The van der Waals surface area contributed by atoms with Gasteiger partial charge in [-0.2, -0.15) is 5.10 Å². The average Bonchev–Trinajstić information content (AvgIpc) is 2.41. The third-order valence-corrected chi connectivity index (χ3v) is 1.03. The number of nitrogens with zero attached hydrogens (tertiary/aromatic N) is 1. The van der Waals surface area contributed by atoms with Crippen LogP contribution >= 0.6 is 0 Å². The fraction of sp³-hybridized carbons (Fsp3) is 0.500. The van der Waals surface area contributed by atoms with Crippen LogP contribution in [0.5, 0.6) is 5.75 Å². The Hall–Kier alpha value is -1.03. The number of hydrogen-bond acceptors (Lipinski definition) is 3. The van der Waals surface area contributed by atoms with Crippen LogP contribution < -0.4 is 4.74 Å². The SMILES string of the molecule is COCCOc1cn[nH]c1. The Bertz CT molecular complexity index is 162. The molecule has 1 aromatic rings. The van der Waals surface area contributed by atoms with Crippen LogP contribution in [0.1, 0.15) is 0 Å². The van der Waals surface area contributed by atoms with Gasteiger partial charge < -0.3 is 9.47 Å². The highest BCUT2D eigenvalue weighted by Crippen LogP contribution is 2.03. The van der Waals surface area contributed by atoms with Crippen molar-refractivity contribution in [3.05, 3.63) is 12.4 Å². The standard InChI is InChI=1S/C6H10N2O2/c1-9-2-3-10-6-4-7-8-5-6/h4-5H,2-3H2,1H3,(H,7,8). The van der Waals surface area contributed by atoms with Crippen LogP contribution in [0.3, 0.4) is 0 Å². The van der Waals surface area contributed by atoms with Gasteiger partial charge >= 0.3 is 0 Å². The predicted molar refractivity (Wildman–Crippen MR) is 36.0 cm³/mol. The maximum absolute atomic E-state index is 5.17. The quantitative estimate of drug-likeness (QED) is 0.620. The average molecular weight is 142 g/mol. The van der Waals surface area contributed by atoms with Crippen LogP contribution in [0.15, 0.2) is 12.4 Å².